The molecule has 1 atom stereocenters. The van der Waals surface area contributed by atoms with Crippen LogP contribution >= 0.6 is 0 Å². The Hall–Kier alpha value is -1.50. The highest BCUT2D eigenvalue weighted by Gasteiger charge is 2.24. The van der Waals surface area contributed by atoms with E-state index in [1.54, 1.807) is 20.8 Å². The second-order valence-electron chi connectivity index (χ2n) is 5.05. The van der Waals surface area contributed by atoms with Crippen molar-refractivity contribution < 1.29 is 13.4 Å². The molecule has 0 aliphatic rings. The van der Waals surface area contributed by atoms with Crippen molar-refractivity contribution in [3.05, 3.63) is 18.1 Å². The average Bonchev–Trinajstić information content (AvgIpc) is 2.17. The van der Waals surface area contributed by atoms with Crippen molar-refractivity contribution in [1.29, 1.82) is 4.78 Å². The van der Waals surface area contributed by atoms with Crippen molar-refractivity contribution >= 4 is 21.5 Å². The van der Waals surface area contributed by atoms with Crippen molar-refractivity contribution in [3.8, 4) is 0 Å². The zero-order chi connectivity index (χ0) is 14.1. The SMILES string of the molecule is CC(C)(C)C(=O)Nc1ncc(F)cc1S(C)(=N)=O. The van der Waals surface area contributed by atoms with Gasteiger partial charge in [0.15, 0.2) is 0 Å². The Kier molecular flexibility index (Phi) is 3.75. The first-order valence-electron chi connectivity index (χ1n) is 5.22. The third-order valence-corrected chi connectivity index (χ3v) is 3.30. The molecule has 0 fully saturated rings. The lowest BCUT2D eigenvalue weighted by Gasteiger charge is -2.18. The fraction of sp³-hybridized carbons (Fsp3) is 0.455. The van der Waals surface area contributed by atoms with Crippen LogP contribution in [0, 0.1) is 16.0 Å². The van der Waals surface area contributed by atoms with Gasteiger partial charge in [0.25, 0.3) is 0 Å². The van der Waals surface area contributed by atoms with Crippen LogP contribution in [0.5, 0.6) is 0 Å². The minimum atomic E-state index is -3.16. The number of rotatable bonds is 2. The summed E-state index contributed by atoms with van der Waals surface area (Å²) >= 11 is 0. The van der Waals surface area contributed by atoms with Gasteiger partial charge >= 0.3 is 0 Å². The second kappa shape index (κ2) is 4.64. The molecule has 1 heterocycles. The number of hydrogen-bond donors (Lipinski definition) is 2. The third-order valence-electron chi connectivity index (χ3n) is 2.15. The molecule has 5 nitrogen and oxygen atoms in total. The zero-order valence-corrected chi connectivity index (χ0v) is 11.5. The van der Waals surface area contributed by atoms with Crippen LogP contribution in [0.3, 0.4) is 0 Å². The van der Waals surface area contributed by atoms with E-state index in [0.29, 0.717) is 0 Å². The number of aromatic nitrogens is 1. The molecule has 1 aromatic rings. The van der Waals surface area contributed by atoms with E-state index >= 15 is 0 Å². The van der Waals surface area contributed by atoms with Crippen LogP contribution in [0.15, 0.2) is 17.2 Å². The molecule has 7 heteroatoms. The molecule has 1 aromatic heterocycles. The summed E-state index contributed by atoms with van der Waals surface area (Å²) in [6.07, 6.45) is 2.06. The summed E-state index contributed by atoms with van der Waals surface area (Å²) in [7, 11) is -3.16. The van der Waals surface area contributed by atoms with Crippen LogP contribution < -0.4 is 5.32 Å². The number of carbonyl (C=O) groups excluding carboxylic acids is 1. The van der Waals surface area contributed by atoms with Gasteiger partial charge in [-0.3, -0.25) is 4.79 Å². The monoisotopic (exact) mass is 273 g/mol. The summed E-state index contributed by atoms with van der Waals surface area (Å²) < 4.78 is 32.2. The standard InChI is InChI=1S/C11H16FN3O2S/c1-11(2,3)10(16)15-9-8(18(4,13)17)5-7(12)6-14-9/h5-6,13H,1-4H3,(H,14,15,16). The van der Waals surface area contributed by atoms with Gasteiger partial charge in [-0.1, -0.05) is 20.8 Å². The molecule has 0 aliphatic carbocycles. The second-order valence-corrected chi connectivity index (χ2v) is 7.18. The molecule has 1 unspecified atom stereocenters. The van der Waals surface area contributed by atoms with Gasteiger partial charge in [-0.25, -0.2) is 18.4 Å². The maximum atomic E-state index is 13.1. The lowest BCUT2D eigenvalue weighted by atomic mass is 9.96. The first kappa shape index (κ1) is 14.6. The molecular formula is C11H16FN3O2S. The summed E-state index contributed by atoms with van der Waals surface area (Å²) in [4.78, 5) is 15.4. The highest BCUT2D eigenvalue weighted by molar-refractivity contribution is 7.91. The molecule has 0 saturated carbocycles. The van der Waals surface area contributed by atoms with Gasteiger partial charge in [-0.05, 0) is 6.07 Å². The maximum absolute atomic E-state index is 13.1. The first-order chi connectivity index (χ1) is 8.01. The van der Waals surface area contributed by atoms with E-state index in [0.717, 1.165) is 18.5 Å². The Morgan fingerprint density at radius 1 is 1.50 bits per heavy atom. The molecule has 1 amide bonds. The lowest BCUT2D eigenvalue weighted by Crippen LogP contribution is -2.28. The van der Waals surface area contributed by atoms with E-state index in [9.17, 15) is 13.4 Å². The molecule has 0 spiro atoms. The van der Waals surface area contributed by atoms with E-state index in [1.165, 1.54) is 0 Å². The van der Waals surface area contributed by atoms with Crippen LogP contribution in [-0.2, 0) is 14.5 Å². The number of carbonyl (C=O) groups is 1. The van der Waals surface area contributed by atoms with Crippen molar-refractivity contribution in [2.75, 3.05) is 11.6 Å². The molecule has 0 aromatic carbocycles. The molecular weight excluding hydrogens is 257 g/mol. The maximum Gasteiger partial charge on any atom is 0.230 e. The van der Waals surface area contributed by atoms with E-state index in [4.69, 9.17) is 4.78 Å². The van der Waals surface area contributed by atoms with Crippen LogP contribution in [0.4, 0.5) is 10.2 Å². The summed E-state index contributed by atoms with van der Waals surface area (Å²) in [5.41, 5.74) is -0.663. The minimum absolute atomic E-state index is 0.0289. The van der Waals surface area contributed by atoms with Gasteiger partial charge in [0.05, 0.1) is 20.8 Å². The highest BCUT2D eigenvalue weighted by atomic mass is 32.2. The molecule has 2 N–H and O–H groups in total. The third kappa shape index (κ3) is 3.49. The largest absolute Gasteiger partial charge is 0.309 e. The average molecular weight is 273 g/mol. The number of nitrogens with one attached hydrogen (secondary N) is 2. The normalized spacial score (nSPS) is 14.9. The highest BCUT2D eigenvalue weighted by Crippen LogP contribution is 2.23. The van der Waals surface area contributed by atoms with Gasteiger partial charge < -0.3 is 5.32 Å². The molecule has 1 rings (SSSR count). The van der Waals surface area contributed by atoms with Crippen molar-refractivity contribution in [2.24, 2.45) is 5.41 Å². The predicted molar refractivity (Wildman–Crippen MR) is 67.3 cm³/mol. The van der Waals surface area contributed by atoms with Crippen LogP contribution in [0.25, 0.3) is 0 Å². The number of pyridine rings is 1. The number of hydrogen-bond acceptors (Lipinski definition) is 4. The molecule has 18 heavy (non-hydrogen) atoms. The number of amides is 1. The van der Waals surface area contributed by atoms with E-state index in [2.05, 4.69) is 10.3 Å². The van der Waals surface area contributed by atoms with E-state index < -0.39 is 21.0 Å². The van der Waals surface area contributed by atoms with Gasteiger partial charge in [0, 0.05) is 11.7 Å². The van der Waals surface area contributed by atoms with Crippen LogP contribution in [0.2, 0.25) is 0 Å². The summed E-state index contributed by atoms with van der Waals surface area (Å²) in [5, 5.41) is 2.47. The number of nitrogens with zero attached hydrogens (tertiary/aromatic N) is 1. The van der Waals surface area contributed by atoms with Gasteiger partial charge in [-0.15, -0.1) is 0 Å². The zero-order valence-electron chi connectivity index (χ0n) is 10.7. The Morgan fingerprint density at radius 3 is 2.50 bits per heavy atom. The van der Waals surface area contributed by atoms with Gasteiger partial charge in [0.1, 0.15) is 11.6 Å². The first-order valence-corrected chi connectivity index (χ1v) is 7.19. The lowest BCUT2D eigenvalue weighted by molar-refractivity contribution is -0.123. The Labute approximate surface area is 106 Å². The van der Waals surface area contributed by atoms with Crippen molar-refractivity contribution in [1.82, 2.24) is 4.98 Å². The van der Waals surface area contributed by atoms with E-state index in [1.807, 2.05) is 0 Å². The molecule has 0 bridgehead atoms. The Morgan fingerprint density at radius 2 is 2.06 bits per heavy atom. The number of anilines is 1. The molecule has 0 radical (unpaired) electrons. The smallest absolute Gasteiger partial charge is 0.230 e. The van der Waals surface area contributed by atoms with Crippen LogP contribution in [0.1, 0.15) is 20.8 Å². The van der Waals surface area contributed by atoms with Gasteiger partial charge in [-0.2, -0.15) is 0 Å². The summed E-state index contributed by atoms with van der Waals surface area (Å²) in [6.45, 7) is 5.11. The summed E-state index contributed by atoms with van der Waals surface area (Å²) in [5.74, 6) is -1.06. The predicted octanol–water partition coefficient (Wildman–Crippen LogP) is 2.24. The van der Waals surface area contributed by atoms with Crippen molar-refractivity contribution in [2.45, 2.75) is 25.7 Å². The fourth-order valence-electron chi connectivity index (χ4n) is 1.11. The molecule has 100 valence electrons. The van der Waals surface area contributed by atoms with E-state index in [-0.39, 0.29) is 16.6 Å². The van der Waals surface area contributed by atoms with Gasteiger partial charge in [0.2, 0.25) is 5.91 Å². The molecule has 0 aliphatic heterocycles. The Balaban J connectivity index is 3.23. The summed E-state index contributed by atoms with van der Waals surface area (Å²) in [6, 6.07) is 0.959. The quantitative estimate of drug-likeness (QED) is 0.866. The Bertz CT molecular complexity index is 576. The molecule has 0 saturated heterocycles. The van der Waals surface area contributed by atoms with Crippen molar-refractivity contribution in [3.63, 3.8) is 0 Å². The van der Waals surface area contributed by atoms with Crippen LogP contribution in [-0.4, -0.2) is 21.4 Å². The number of halogens is 1. The minimum Gasteiger partial charge on any atom is -0.309 e. The topological polar surface area (TPSA) is 82.9 Å². The fourth-order valence-corrected chi connectivity index (χ4v) is 1.92.